The lowest BCUT2D eigenvalue weighted by atomic mass is 9.97. The van der Waals surface area contributed by atoms with E-state index in [2.05, 4.69) is 0 Å². The number of aliphatic carboxylic acids is 1. The lowest BCUT2D eigenvalue weighted by Crippen LogP contribution is -2.59. The van der Waals surface area contributed by atoms with Crippen molar-refractivity contribution in [2.24, 2.45) is 0 Å². The van der Waals surface area contributed by atoms with Crippen LogP contribution in [0.3, 0.4) is 0 Å². The molecule has 6 nitrogen and oxygen atoms in total. The van der Waals surface area contributed by atoms with Crippen molar-refractivity contribution < 1.29 is 33.3 Å². The van der Waals surface area contributed by atoms with E-state index in [9.17, 15) is 23.5 Å². The third-order valence-electron chi connectivity index (χ3n) is 4.88. The van der Waals surface area contributed by atoms with Gasteiger partial charge in [-0.1, -0.05) is 48.5 Å². The first-order chi connectivity index (χ1) is 13.2. The quantitative estimate of drug-likeness (QED) is 0.704. The van der Waals surface area contributed by atoms with Crippen molar-refractivity contribution in [3.63, 3.8) is 0 Å². The Morgan fingerprint density at radius 3 is 2.07 bits per heavy atom. The summed E-state index contributed by atoms with van der Waals surface area (Å²) < 4.78 is 31.0. The number of fused-ring (bicyclic) bond motifs is 3. The molecule has 2 atom stereocenters. The van der Waals surface area contributed by atoms with Gasteiger partial charge in [0.15, 0.2) is 11.6 Å². The molecule has 3 rings (SSSR count). The second-order valence-corrected chi connectivity index (χ2v) is 6.77. The highest BCUT2D eigenvalue weighted by molar-refractivity contribution is 5.82. The Hall–Kier alpha value is -3.00. The van der Waals surface area contributed by atoms with Crippen molar-refractivity contribution in [2.45, 2.75) is 30.9 Å². The number of aliphatic hydroxyl groups is 1. The number of alkyl carbamates (subject to hydrolysis) is 1. The summed E-state index contributed by atoms with van der Waals surface area (Å²) in [4.78, 5) is 23.3. The Morgan fingerprint density at radius 1 is 1.11 bits per heavy atom. The van der Waals surface area contributed by atoms with Crippen molar-refractivity contribution in [3.05, 3.63) is 59.7 Å². The number of hydrogen-bond acceptors (Lipinski definition) is 4. The molecular formula is C20H19F2NO5. The van der Waals surface area contributed by atoms with Gasteiger partial charge in [0, 0.05) is 5.92 Å². The van der Waals surface area contributed by atoms with Crippen LogP contribution in [0.4, 0.5) is 13.6 Å². The molecule has 1 aliphatic rings. The number of carbonyl (C=O) groups excluding carboxylic acids is 1. The summed E-state index contributed by atoms with van der Waals surface area (Å²) in [5, 5.41) is 20.6. The first-order valence-electron chi connectivity index (χ1n) is 8.58. The van der Waals surface area contributed by atoms with Gasteiger partial charge < -0.3 is 20.3 Å². The Labute approximate surface area is 159 Å². The van der Waals surface area contributed by atoms with Gasteiger partial charge in [-0.3, -0.25) is 0 Å². The van der Waals surface area contributed by atoms with Crippen LogP contribution in [0, 0.1) is 0 Å². The summed E-state index contributed by atoms with van der Waals surface area (Å²) in [5.74, 6) is -2.06. The molecule has 0 spiro atoms. The largest absolute Gasteiger partial charge is 0.480 e. The molecule has 0 bridgehead atoms. The van der Waals surface area contributed by atoms with Crippen molar-refractivity contribution in [3.8, 4) is 11.1 Å². The molecule has 2 aromatic carbocycles. The Morgan fingerprint density at radius 2 is 1.61 bits per heavy atom. The van der Waals surface area contributed by atoms with Crippen molar-refractivity contribution >= 4 is 12.1 Å². The molecule has 148 valence electrons. The molecule has 0 aliphatic heterocycles. The van der Waals surface area contributed by atoms with Crippen molar-refractivity contribution in [1.82, 2.24) is 5.32 Å². The maximum absolute atomic E-state index is 12.9. The Balaban J connectivity index is 1.74. The van der Waals surface area contributed by atoms with E-state index in [0.717, 1.165) is 22.3 Å². The van der Waals surface area contributed by atoms with Gasteiger partial charge in [0.2, 0.25) is 0 Å². The lowest BCUT2D eigenvalue weighted by Gasteiger charge is -2.29. The number of carbonyl (C=O) groups is 2. The summed E-state index contributed by atoms with van der Waals surface area (Å²) in [6.07, 6.45) is -4.57. The molecule has 1 amide bonds. The fraction of sp³-hybridized carbons (Fsp3) is 0.300. The maximum atomic E-state index is 12.9. The second kappa shape index (κ2) is 7.55. The molecule has 3 N–H and O–H groups in total. The van der Waals surface area contributed by atoms with Gasteiger partial charge >= 0.3 is 12.1 Å². The predicted molar refractivity (Wildman–Crippen MR) is 96.3 cm³/mol. The zero-order valence-electron chi connectivity index (χ0n) is 14.9. The summed E-state index contributed by atoms with van der Waals surface area (Å²) in [7, 11) is 0. The van der Waals surface area contributed by atoms with Gasteiger partial charge in [0.1, 0.15) is 6.61 Å². The average molecular weight is 391 g/mol. The Kier molecular flexibility index (Phi) is 5.33. The number of halogens is 2. The van der Waals surface area contributed by atoms with Crippen molar-refractivity contribution in [1.29, 1.82) is 0 Å². The van der Waals surface area contributed by atoms with Gasteiger partial charge in [-0.15, -0.1) is 0 Å². The highest BCUT2D eigenvalue weighted by Crippen LogP contribution is 2.44. The van der Waals surface area contributed by atoms with Crippen molar-refractivity contribution in [2.75, 3.05) is 6.61 Å². The third kappa shape index (κ3) is 3.55. The van der Waals surface area contributed by atoms with E-state index < -0.39 is 30.1 Å². The number of ether oxygens (including phenoxy) is 1. The minimum atomic E-state index is -3.37. The van der Waals surface area contributed by atoms with Gasteiger partial charge in [0.25, 0.3) is 6.43 Å². The SMILES string of the molecule is CC(O)(C(F)F)C(NC(=O)OCC1c2ccccc2-c2ccccc21)C(=O)O. The van der Waals surface area contributed by atoms with E-state index in [1.54, 1.807) is 0 Å². The number of carboxylic acids is 1. The highest BCUT2D eigenvalue weighted by atomic mass is 19.3. The highest BCUT2D eigenvalue weighted by Gasteiger charge is 2.46. The number of rotatable bonds is 6. The molecule has 2 aromatic rings. The standard InChI is InChI=1S/C20H19F2NO5/c1-20(27,18(21)22)16(17(24)25)23-19(26)28-10-15-13-8-4-2-6-11(13)12-7-3-5-9-14(12)15/h2-9,15-16,18,27H,10H2,1H3,(H,23,26)(H,24,25). The topological polar surface area (TPSA) is 95.9 Å². The summed E-state index contributed by atoms with van der Waals surface area (Å²) >= 11 is 0. The second-order valence-electron chi connectivity index (χ2n) is 6.77. The molecule has 0 saturated carbocycles. The van der Waals surface area contributed by atoms with Crippen LogP contribution in [0.25, 0.3) is 11.1 Å². The summed E-state index contributed by atoms with van der Waals surface area (Å²) in [5.41, 5.74) is 0.973. The van der Waals surface area contributed by atoms with Crippen LogP contribution < -0.4 is 5.32 Å². The zero-order chi connectivity index (χ0) is 20.5. The minimum Gasteiger partial charge on any atom is -0.480 e. The fourth-order valence-corrected chi connectivity index (χ4v) is 3.34. The van der Waals surface area contributed by atoms with E-state index in [1.165, 1.54) is 0 Å². The molecule has 0 aromatic heterocycles. The van der Waals surface area contributed by atoms with Crippen LogP contribution in [0.1, 0.15) is 24.0 Å². The van der Waals surface area contributed by atoms with Crippen LogP contribution in [0.15, 0.2) is 48.5 Å². The zero-order valence-corrected chi connectivity index (χ0v) is 14.9. The monoisotopic (exact) mass is 391 g/mol. The third-order valence-corrected chi connectivity index (χ3v) is 4.88. The van der Waals surface area contributed by atoms with Gasteiger partial charge in [-0.25, -0.2) is 18.4 Å². The molecule has 1 aliphatic carbocycles. The predicted octanol–water partition coefficient (Wildman–Crippen LogP) is 2.99. The van der Waals surface area contributed by atoms with Crippen LogP contribution in [0.5, 0.6) is 0 Å². The lowest BCUT2D eigenvalue weighted by molar-refractivity contribution is -0.157. The first-order valence-corrected chi connectivity index (χ1v) is 8.58. The normalized spacial score (nSPS) is 16.0. The fourth-order valence-electron chi connectivity index (χ4n) is 3.34. The molecule has 0 saturated heterocycles. The van der Waals surface area contributed by atoms with E-state index in [0.29, 0.717) is 6.92 Å². The molecule has 8 heteroatoms. The van der Waals surface area contributed by atoms with Crippen LogP contribution in [-0.2, 0) is 9.53 Å². The van der Waals surface area contributed by atoms with Gasteiger partial charge in [0.05, 0.1) is 0 Å². The van der Waals surface area contributed by atoms with E-state index in [4.69, 9.17) is 9.84 Å². The van der Waals surface area contributed by atoms with Crippen LogP contribution >= 0.6 is 0 Å². The minimum absolute atomic E-state index is 0.108. The van der Waals surface area contributed by atoms with E-state index in [1.807, 2.05) is 53.8 Å². The number of alkyl halides is 2. The molecule has 2 unspecified atom stereocenters. The van der Waals surface area contributed by atoms with Crippen LogP contribution in [0.2, 0.25) is 0 Å². The van der Waals surface area contributed by atoms with E-state index >= 15 is 0 Å². The number of carboxylic acid groups (broad SMARTS) is 1. The molecule has 0 radical (unpaired) electrons. The van der Waals surface area contributed by atoms with Crippen LogP contribution in [-0.4, -0.2) is 47.0 Å². The maximum Gasteiger partial charge on any atom is 0.407 e. The van der Waals surface area contributed by atoms with E-state index in [-0.39, 0.29) is 12.5 Å². The average Bonchev–Trinajstić information content (AvgIpc) is 2.98. The smallest absolute Gasteiger partial charge is 0.407 e. The number of hydrogen-bond donors (Lipinski definition) is 3. The molecule has 0 heterocycles. The Bertz CT molecular complexity index is 854. The number of benzene rings is 2. The first kappa shape index (κ1) is 19.8. The summed E-state index contributed by atoms with van der Waals surface area (Å²) in [6, 6.07) is 13.0. The van der Waals surface area contributed by atoms with Gasteiger partial charge in [-0.2, -0.15) is 0 Å². The molecular weight excluding hydrogens is 372 g/mol. The molecule has 0 fully saturated rings. The number of nitrogens with one attached hydrogen (secondary N) is 1. The van der Waals surface area contributed by atoms with Gasteiger partial charge in [-0.05, 0) is 29.2 Å². The number of amides is 1. The molecule has 28 heavy (non-hydrogen) atoms. The summed E-state index contributed by atoms with van der Waals surface area (Å²) in [6.45, 7) is 0.531.